The molecule has 0 atom stereocenters. The van der Waals surface area contributed by atoms with E-state index < -0.39 is 0 Å². The molecule has 3 aromatic rings. The van der Waals surface area contributed by atoms with Crippen LogP contribution in [0.25, 0.3) is 0 Å². The lowest BCUT2D eigenvalue weighted by molar-refractivity contribution is 0.102. The molecular formula is C18H19ClN4OS2. The van der Waals surface area contributed by atoms with Crippen molar-refractivity contribution < 1.29 is 4.79 Å². The van der Waals surface area contributed by atoms with Crippen molar-refractivity contribution in [2.45, 2.75) is 36.7 Å². The number of nitrogens with one attached hydrogen (secondary N) is 1. The lowest BCUT2D eigenvalue weighted by Gasteiger charge is -2.11. The van der Waals surface area contributed by atoms with Crippen LogP contribution in [0.2, 0.25) is 5.02 Å². The number of halogens is 1. The number of hydrogen-bond donors (Lipinski definition) is 1. The van der Waals surface area contributed by atoms with Crippen molar-refractivity contribution in [2.75, 3.05) is 5.32 Å². The number of imidazole rings is 1. The molecule has 8 heteroatoms. The fourth-order valence-electron chi connectivity index (χ4n) is 2.40. The lowest BCUT2D eigenvalue weighted by atomic mass is 10.3. The second-order valence-electron chi connectivity index (χ2n) is 5.79. The number of rotatable bonds is 6. The van der Waals surface area contributed by atoms with E-state index >= 15 is 0 Å². The zero-order valence-corrected chi connectivity index (χ0v) is 17.1. The van der Waals surface area contributed by atoms with Gasteiger partial charge in [-0.25, -0.2) is 9.97 Å². The van der Waals surface area contributed by atoms with Gasteiger partial charge in [-0.05, 0) is 49.7 Å². The first-order chi connectivity index (χ1) is 12.5. The number of hydrogen-bond acceptors (Lipinski definition) is 5. The third kappa shape index (κ3) is 4.28. The van der Waals surface area contributed by atoms with Crippen LogP contribution in [0.5, 0.6) is 0 Å². The van der Waals surface area contributed by atoms with Gasteiger partial charge in [0.25, 0.3) is 5.91 Å². The molecule has 1 aromatic carbocycles. The summed E-state index contributed by atoms with van der Waals surface area (Å²) >= 11 is 9.07. The predicted octanol–water partition coefficient (Wildman–Crippen LogP) is 5.19. The molecular weight excluding hydrogens is 388 g/mol. The zero-order valence-electron chi connectivity index (χ0n) is 14.7. The Hall–Kier alpha value is -1.83. The van der Waals surface area contributed by atoms with E-state index in [1.165, 1.54) is 23.1 Å². The second-order valence-corrected chi connectivity index (χ2v) is 8.32. The number of aromatic nitrogens is 3. The average Bonchev–Trinajstić information content (AvgIpc) is 3.16. The van der Waals surface area contributed by atoms with Gasteiger partial charge in [0.2, 0.25) is 0 Å². The van der Waals surface area contributed by atoms with Gasteiger partial charge in [-0.15, -0.1) is 11.3 Å². The van der Waals surface area contributed by atoms with Gasteiger partial charge in [0, 0.05) is 29.4 Å². The van der Waals surface area contributed by atoms with Gasteiger partial charge in [-0.3, -0.25) is 4.79 Å². The van der Waals surface area contributed by atoms with Crippen molar-refractivity contribution in [3.05, 3.63) is 51.2 Å². The molecule has 2 aromatic heterocycles. The van der Waals surface area contributed by atoms with Crippen molar-refractivity contribution >= 4 is 46.3 Å². The van der Waals surface area contributed by atoms with E-state index in [1.54, 1.807) is 18.3 Å². The number of thiazole rings is 1. The number of nitrogens with zero attached hydrogens (tertiary/aromatic N) is 3. The average molecular weight is 407 g/mol. The monoisotopic (exact) mass is 406 g/mol. The van der Waals surface area contributed by atoms with Crippen LogP contribution in [0, 0.1) is 6.92 Å². The summed E-state index contributed by atoms with van der Waals surface area (Å²) in [5, 5.41) is 5.38. The number of carbonyl (C=O) groups is 1. The first-order valence-corrected chi connectivity index (χ1v) is 10.2. The smallest absolute Gasteiger partial charge is 0.267 e. The number of benzene rings is 1. The van der Waals surface area contributed by atoms with Crippen LogP contribution in [-0.2, 0) is 13.5 Å². The number of amides is 1. The molecule has 0 aliphatic carbocycles. The van der Waals surface area contributed by atoms with Crippen molar-refractivity contribution in [1.29, 1.82) is 0 Å². The SMILES string of the molecule is CCCc1nc(C)c(C(=O)Nc2cc(Cl)ccc2Sc2nccn2C)s1. The van der Waals surface area contributed by atoms with Crippen LogP contribution in [0.4, 0.5) is 5.69 Å². The van der Waals surface area contributed by atoms with Crippen LogP contribution in [0.3, 0.4) is 0 Å². The molecule has 26 heavy (non-hydrogen) atoms. The van der Waals surface area contributed by atoms with E-state index in [1.807, 2.05) is 30.8 Å². The highest BCUT2D eigenvalue weighted by atomic mass is 35.5. The van der Waals surface area contributed by atoms with Crippen LogP contribution in [-0.4, -0.2) is 20.4 Å². The maximum atomic E-state index is 12.8. The van der Waals surface area contributed by atoms with Crippen molar-refractivity contribution in [1.82, 2.24) is 14.5 Å². The molecule has 0 fully saturated rings. The third-order valence-electron chi connectivity index (χ3n) is 3.68. The van der Waals surface area contributed by atoms with Gasteiger partial charge in [0.15, 0.2) is 5.16 Å². The molecule has 0 aliphatic heterocycles. The topological polar surface area (TPSA) is 59.8 Å². The highest BCUT2D eigenvalue weighted by Crippen LogP contribution is 2.34. The van der Waals surface area contributed by atoms with Gasteiger partial charge in [-0.2, -0.15) is 0 Å². The van der Waals surface area contributed by atoms with Crippen LogP contribution >= 0.6 is 34.7 Å². The van der Waals surface area contributed by atoms with E-state index in [0.717, 1.165) is 33.6 Å². The minimum atomic E-state index is -0.161. The molecule has 1 amide bonds. The molecule has 136 valence electrons. The van der Waals surface area contributed by atoms with E-state index in [0.29, 0.717) is 15.6 Å². The summed E-state index contributed by atoms with van der Waals surface area (Å²) in [6, 6.07) is 5.45. The van der Waals surface area contributed by atoms with Gasteiger partial charge in [-0.1, -0.05) is 18.5 Å². The molecule has 0 aliphatic rings. The summed E-state index contributed by atoms with van der Waals surface area (Å²) < 4.78 is 1.93. The highest BCUT2D eigenvalue weighted by Gasteiger charge is 2.17. The van der Waals surface area contributed by atoms with E-state index in [-0.39, 0.29) is 5.91 Å². The molecule has 0 unspecified atom stereocenters. The summed E-state index contributed by atoms with van der Waals surface area (Å²) in [5.74, 6) is -0.161. The maximum absolute atomic E-state index is 12.8. The van der Waals surface area contributed by atoms with Gasteiger partial charge in [0.05, 0.1) is 16.4 Å². The Bertz CT molecular complexity index is 935. The molecule has 0 saturated carbocycles. The van der Waals surface area contributed by atoms with Gasteiger partial charge in [0.1, 0.15) is 4.88 Å². The Morgan fingerprint density at radius 3 is 2.92 bits per heavy atom. The molecule has 5 nitrogen and oxygen atoms in total. The van der Waals surface area contributed by atoms with Crippen LogP contribution < -0.4 is 5.32 Å². The van der Waals surface area contributed by atoms with Crippen molar-refractivity contribution in [2.24, 2.45) is 7.05 Å². The van der Waals surface area contributed by atoms with E-state index in [4.69, 9.17) is 11.6 Å². The number of carbonyl (C=O) groups excluding carboxylic acids is 1. The molecule has 0 saturated heterocycles. The fourth-order valence-corrected chi connectivity index (χ4v) is 4.51. The largest absolute Gasteiger partial charge is 0.329 e. The minimum absolute atomic E-state index is 0.161. The van der Waals surface area contributed by atoms with E-state index in [2.05, 4.69) is 22.2 Å². The molecule has 1 N–H and O–H groups in total. The molecule has 2 heterocycles. The van der Waals surface area contributed by atoms with E-state index in [9.17, 15) is 4.79 Å². The normalized spacial score (nSPS) is 10.9. The third-order valence-corrected chi connectivity index (χ3v) is 6.28. The Kier molecular flexibility index (Phi) is 6.01. The van der Waals surface area contributed by atoms with Crippen LogP contribution in [0.15, 0.2) is 40.6 Å². The van der Waals surface area contributed by atoms with Gasteiger partial charge < -0.3 is 9.88 Å². The zero-order chi connectivity index (χ0) is 18.7. The second kappa shape index (κ2) is 8.24. The highest BCUT2D eigenvalue weighted by molar-refractivity contribution is 7.99. The fraction of sp³-hybridized carbons (Fsp3) is 0.278. The van der Waals surface area contributed by atoms with Gasteiger partial charge >= 0.3 is 0 Å². The first kappa shape index (κ1) is 18.9. The summed E-state index contributed by atoms with van der Waals surface area (Å²) in [6.45, 7) is 3.97. The molecule has 0 bridgehead atoms. The summed E-state index contributed by atoms with van der Waals surface area (Å²) in [6.07, 6.45) is 5.52. The Morgan fingerprint density at radius 2 is 2.23 bits per heavy atom. The lowest BCUT2D eigenvalue weighted by Crippen LogP contribution is -2.12. The Morgan fingerprint density at radius 1 is 1.42 bits per heavy atom. The van der Waals surface area contributed by atoms with Crippen LogP contribution in [0.1, 0.15) is 33.7 Å². The summed E-state index contributed by atoms with van der Waals surface area (Å²) in [7, 11) is 1.93. The number of anilines is 1. The van der Waals surface area contributed by atoms with Crippen molar-refractivity contribution in [3.63, 3.8) is 0 Å². The Balaban J connectivity index is 1.86. The minimum Gasteiger partial charge on any atom is -0.329 e. The maximum Gasteiger partial charge on any atom is 0.267 e. The quantitative estimate of drug-likeness (QED) is 0.611. The standard InChI is InChI=1S/C18H19ClN4OS2/c1-4-5-15-21-11(2)16(26-15)17(24)22-13-10-12(19)6-7-14(13)25-18-20-8-9-23(18)3/h6-10H,4-5H2,1-3H3,(H,22,24). The Labute approximate surface area is 165 Å². The molecule has 3 rings (SSSR count). The number of aryl methyl sites for hydroxylation is 3. The van der Waals surface area contributed by atoms with Crippen molar-refractivity contribution in [3.8, 4) is 0 Å². The first-order valence-electron chi connectivity index (χ1n) is 8.20. The summed E-state index contributed by atoms with van der Waals surface area (Å²) in [5.41, 5.74) is 1.43. The predicted molar refractivity (Wildman–Crippen MR) is 108 cm³/mol. The summed E-state index contributed by atoms with van der Waals surface area (Å²) in [4.78, 5) is 23.1. The molecule has 0 spiro atoms. The molecule has 0 radical (unpaired) electrons.